The standard InChI is InChI=1S/C20H20F3N3O2/c1-13-6-5-9-25-17(13)26(11-10-24(2)3)19(28)16(18(25)27)14-7-4-8-15(12-14)20(21,22)23/h4-9,12H,10-11H2,1-3H3. The lowest BCUT2D eigenvalue weighted by Crippen LogP contribution is -2.47. The fourth-order valence-corrected chi connectivity index (χ4v) is 3.16. The van der Waals surface area contributed by atoms with E-state index in [0.717, 1.165) is 17.7 Å². The fraction of sp³-hybridized carbons (Fsp3) is 0.300. The Balaban J connectivity index is 2.34. The van der Waals surface area contributed by atoms with Crippen LogP contribution in [0.1, 0.15) is 11.1 Å². The molecule has 0 saturated carbocycles. The Bertz CT molecular complexity index is 1090. The van der Waals surface area contributed by atoms with E-state index in [1.807, 2.05) is 19.0 Å². The SMILES string of the molecule is Cc1cccn2c(=O)c(-c3cccc(C(F)(F)F)c3)c([O-])[n+](CCN(C)C)c12. The topological polar surface area (TPSA) is 51.7 Å². The van der Waals surface area contributed by atoms with Crippen LogP contribution >= 0.6 is 0 Å². The van der Waals surface area contributed by atoms with Crippen molar-refractivity contribution in [2.75, 3.05) is 20.6 Å². The van der Waals surface area contributed by atoms with Crippen molar-refractivity contribution in [2.45, 2.75) is 19.6 Å². The first kappa shape index (κ1) is 19.9. The van der Waals surface area contributed by atoms with Crippen molar-refractivity contribution in [3.8, 4) is 17.0 Å². The third kappa shape index (κ3) is 3.60. The summed E-state index contributed by atoms with van der Waals surface area (Å²) >= 11 is 0. The highest BCUT2D eigenvalue weighted by Crippen LogP contribution is 2.32. The van der Waals surface area contributed by atoms with Crippen LogP contribution in [0, 0.1) is 6.92 Å². The molecule has 3 rings (SSSR count). The van der Waals surface area contributed by atoms with Crippen LogP contribution in [0.4, 0.5) is 13.2 Å². The van der Waals surface area contributed by atoms with Crippen molar-refractivity contribution in [1.29, 1.82) is 0 Å². The molecule has 0 fully saturated rings. The Morgan fingerprint density at radius 1 is 1.18 bits per heavy atom. The number of fused-ring (bicyclic) bond motifs is 1. The van der Waals surface area contributed by atoms with Crippen LogP contribution in [0.3, 0.4) is 0 Å². The van der Waals surface area contributed by atoms with Gasteiger partial charge in [-0.3, -0.25) is 0 Å². The first-order valence-electron chi connectivity index (χ1n) is 8.68. The van der Waals surface area contributed by atoms with Gasteiger partial charge in [0.15, 0.2) is 0 Å². The number of aryl methyl sites for hydroxylation is 1. The van der Waals surface area contributed by atoms with Gasteiger partial charge in [0, 0.05) is 12.1 Å². The number of aromatic nitrogens is 2. The molecule has 0 saturated heterocycles. The minimum Gasteiger partial charge on any atom is -0.842 e. The minimum absolute atomic E-state index is 0.0423. The maximum atomic E-state index is 13.2. The summed E-state index contributed by atoms with van der Waals surface area (Å²) in [7, 11) is 3.70. The average Bonchev–Trinajstić information content (AvgIpc) is 2.61. The highest BCUT2D eigenvalue weighted by atomic mass is 19.4. The molecule has 0 radical (unpaired) electrons. The van der Waals surface area contributed by atoms with Crippen LogP contribution in [-0.4, -0.2) is 29.9 Å². The summed E-state index contributed by atoms with van der Waals surface area (Å²) in [4.78, 5) is 14.9. The first-order valence-corrected chi connectivity index (χ1v) is 8.68. The van der Waals surface area contributed by atoms with Gasteiger partial charge in [-0.05, 0) is 50.8 Å². The molecule has 3 aromatic rings. The van der Waals surface area contributed by atoms with Crippen molar-refractivity contribution in [3.63, 3.8) is 0 Å². The number of benzene rings is 1. The van der Waals surface area contributed by atoms with Crippen LogP contribution in [0.5, 0.6) is 5.88 Å². The molecular formula is C20H20F3N3O2. The van der Waals surface area contributed by atoms with Crippen LogP contribution in [-0.2, 0) is 12.7 Å². The number of hydrogen-bond acceptors (Lipinski definition) is 3. The molecule has 2 heterocycles. The summed E-state index contributed by atoms with van der Waals surface area (Å²) in [5.74, 6) is -0.597. The highest BCUT2D eigenvalue weighted by Gasteiger charge is 2.31. The fourth-order valence-electron chi connectivity index (χ4n) is 3.16. The second kappa shape index (κ2) is 7.27. The van der Waals surface area contributed by atoms with Crippen LogP contribution in [0.25, 0.3) is 16.8 Å². The molecule has 0 bridgehead atoms. The Labute approximate surface area is 159 Å². The second-order valence-corrected chi connectivity index (χ2v) is 6.90. The zero-order valence-corrected chi connectivity index (χ0v) is 15.7. The lowest BCUT2D eigenvalue weighted by molar-refractivity contribution is -0.715. The predicted octanol–water partition coefficient (Wildman–Crippen LogP) is 2.22. The Kier molecular flexibility index (Phi) is 5.16. The predicted molar refractivity (Wildman–Crippen MR) is 97.0 cm³/mol. The quantitative estimate of drug-likeness (QED) is 0.641. The number of rotatable bonds is 4. The van der Waals surface area contributed by atoms with Crippen LogP contribution in [0.2, 0.25) is 0 Å². The molecule has 0 atom stereocenters. The summed E-state index contributed by atoms with van der Waals surface area (Å²) in [5, 5.41) is 13.2. The summed E-state index contributed by atoms with van der Waals surface area (Å²) in [5.41, 5.74) is -0.685. The molecule has 148 valence electrons. The molecular weight excluding hydrogens is 371 g/mol. The molecule has 28 heavy (non-hydrogen) atoms. The van der Waals surface area contributed by atoms with Crippen molar-refractivity contribution in [2.24, 2.45) is 0 Å². The number of likely N-dealkylation sites (N-methyl/N-ethyl adjacent to an activating group) is 1. The molecule has 8 heteroatoms. The van der Waals surface area contributed by atoms with Crippen molar-refractivity contribution >= 4 is 5.65 Å². The maximum Gasteiger partial charge on any atom is 0.416 e. The van der Waals surface area contributed by atoms with Crippen LogP contribution < -0.4 is 15.2 Å². The Hall–Kier alpha value is -2.87. The number of halogens is 3. The van der Waals surface area contributed by atoms with Crippen molar-refractivity contribution in [1.82, 2.24) is 9.30 Å². The van der Waals surface area contributed by atoms with Gasteiger partial charge in [-0.15, -0.1) is 0 Å². The van der Waals surface area contributed by atoms with Gasteiger partial charge in [-0.2, -0.15) is 17.6 Å². The molecule has 0 spiro atoms. The third-order valence-electron chi connectivity index (χ3n) is 4.56. The molecule has 0 unspecified atom stereocenters. The van der Waals surface area contributed by atoms with E-state index in [1.54, 1.807) is 19.1 Å². The van der Waals surface area contributed by atoms with Crippen molar-refractivity contribution in [3.05, 3.63) is 64.1 Å². The molecule has 0 aliphatic carbocycles. The number of alkyl halides is 3. The number of hydrogen-bond donors (Lipinski definition) is 0. The monoisotopic (exact) mass is 391 g/mol. The van der Waals surface area contributed by atoms with E-state index in [9.17, 15) is 23.1 Å². The highest BCUT2D eigenvalue weighted by molar-refractivity contribution is 5.68. The van der Waals surface area contributed by atoms with E-state index < -0.39 is 23.2 Å². The van der Waals surface area contributed by atoms with Gasteiger partial charge in [0.1, 0.15) is 12.1 Å². The molecule has 0 N–H and O–H groups in total. The van der Waals surface area contributed by atoms with E-state index in [-0.39, 0.29) is 11.1 Å². The van der Waals surface area contributed by atoms with E-state index in [0.29, 0.717) is 18.7 Å². The largest absolute Gasteiger partial charge is 0.842 e. The van der Waals surface area contributed by atoms with Crippen molar-refractivity contribution < 1.29 is 22.8 Å². The van der Waals surface area contributed by atoms with Gasteiger partial charge in [0.2, 0.25) is 0 Å². The minimum atomic E-state index is -4.57. The zero-order chi connectivity index (χ0) is 20.6. The second-order valence-electron chi connectivity index (χ2n) is 6.90. The molecule has 1 aromatic carbocycles. The van der Waals surface area contributed by atoms with Gasteiger partial charge >= 0.3 is 11.7 Å². The molecule has 5 nitrogen and oxygen atoms in total. The lowest BCUT2D eigenvalue weighted by atomic mass is 10.0. The van der Waals surface area contributed by atoms with E-state index >= 15 is 0 Å². The van der Waals surface area contributed by atoms with E-state index in [4.69, 9.17) is 0 Å². The third-order valence-corrected chi connectivity index (χ3v) is 4.56. The van der Waals surface area contributed by atoms with E-state index in [2.05, 4.69) is 0 Å². The lowest BCUT2D eigenvalue weighted by Gasteiger charge is -2.19. The summed E-state index contributed by atoms with van der Waals surface area (Å²) in [6, 6.07) is 7.76. The summed E-state index contributed by atoms with van der Waals surface area (Å²) in [6.45, 7) is 2.61. The van der Waals surface area contributed by atoms with Gasteiger partial charge in [0.05, 0.1) is 17.6 Å². The van der Waals surface area contributed by atoms with Gasteiger partial charge in [0.25, 0.3) is 5.65 Å². The number of nitrogens with zero attached hydrogens (tertiary/aromatic N) is 3. The summed E-state index contributed by atoms with van der Waals surface area (Å²) < 4.78 is 42.1. The normalized spacial score (nSPS) is 12.1. The smallest absolute Gasteiger partial charge is 0.416 e. The molecule has 0 aliphatic heterocycles. The van der Waals surface area contributed by atoms with Gasteiger partial charge in [-0.25, -0.2) is 9.36 Å². The maximum absolute atomic E-state index is 13.2. The van der Waals surface area contributed by atoms with Crippen LogP contribution in [0.15, 0.2) is 47.4 Å². The first-order chi connectivity index (χ1) is 13.1. The van der Waals surface area contributed by atoms with Gasteiger partial charge < -0.3 is 10.0 Å². The van der Waals surface area contributed by atoms with E-state index in [1.165, 1.54) is 27.3 Å². The molecule has 2 aromatic heterocycles. The molecule has 0 aliphatic rings. The number of pyridine rings is 1. The average molecular weight is 391 g/mol. The van der Waals surface area contributed by atoms with Gasteiger partial charge in [-0.1, -0.05) is 12.1 Å². The Morgan fingerprint density at radius 3 is 2.54 bits per heavy atom. The summed E-state index contributed by atoms with van der Waals surface area (Å²) in [6.07, 6.45) is -3.04. The Morgan fingerprint density at radius 2 is 1.89 bits per heavy atom. The molecule has 0 amide bonds. The zero-order valence-electron chi connectivity index (χ0n) is 15.7.